The molecule has 1 aromatic carbocycles. The predicted molar refractivity (Wildman–Crippen MR) is 125 cm³/mol. The maximum atomic E-state index is 13.2. The summed E-state index contributed by atoms with van der Waals surface area (Å²) in [5.41, 5.74) is 5.00. The van der Waals surface area contributed by atoms with E-state index in [2.05, 4.69) is 28.2 Å². The largest absolute Gasteiger partial charge is 0.370 e. The molecule has 1 N–H and O–H groups in total. The van der Waals surface area contributed by atoms with Crippen molar-refractivity contribution in [3.05, 3.63) is 48.2 Å². The zero-order valence-electron chi connectivity index (χ0n) is 18.3. The van der Waals surface area contributed by atoms with Gasteiger partial charge in [-0.15, -0.1) is 0 Å². The van der Waals surface area contributed by atoms with Gasteiger partial charge in [0, 0.05) is 42.9 Å². The van der Waals surface area contributed by atoms with E-state index in [1.807, 2.05) is 54.8 Å². The van der Waals surface area contributed by atoms with Gasteiger partial charge in [-0.2, -0.15) is 0 Å². The summed E-state index contributed by atoms with van der Waals surface area (Å²) in [5.74, 6) is -0.109. The van der Waals surface area contributed by atoms with Crippen molar-refractivity contribution < 1.29 is 4.79 Å². The number of amides is 1. The van der Waals surface area contributed by atoms with Crippen molar-refractivity contribution in [2.75, 3.05) is 38.1 Å². The van der Waals surface area contributed by atoms with Crippen LogP contribution in [0.3, 0.4) is 0 Å². The molecule has 1 aliphatic heterocycles. The van der Waals surface area contributed by atoms with E-state index >= 15 is 0 Å². The minimum atomic E-state index is -0.109. The number of aromatic nitrogens is 3. The van der Waals surface area contributed by atoms with Gasteiger partial charge in [0.2, 0.25) is 0 Å². The van der Waals surface area contributed by atoms with E-state index in [0.29, 0.717) is 11.2 Å². The highest BCUT2D eigenvalue weighted by atomic mass is 16.1. The molecular weight excluding hydrogens is 388 g/mol. The molecule has 4 aromatic rings. The SMILES string of the molecule is CC(C)NC(=O)c1cc2c(N3CCCN(C)CC3)ccnc2n2c1nc1ccccc12. The summed E-state index contributed by atoms with van der Waals surface area (Å²) in [6.45, 7) is 7.99. The van der Waals surface area contributed by atoms with Gasteiger partial charge in [0.25, 0.3) is 5.91 Å². The molecule has 3 aromatic heterocycles. The van der Waals surface area contributed by atoms with Crippen LogP contribution in [0.1, 0.15) is 30.6 Å². The number of imidazole rings is 1. The Kier molecular flexibility index (Phi) is 4.98. The minimum Gasteiger partial charge on any atom is -0.370 e. The molecule has 0 atom stereocenters. The Labute approximate surface area is 181 Å². The van der Waals surface area contributed by atoms with Crippen LogP contribution >= 0.6 is 0 Å². The van der Waals surface area contributed by atoms with Crippen LogP contribution < -0.4 is 10.2 Å². The summed E-state index contributed by atoms with van der Waals surface area (Å²) in [6, 6.07) is 12.1. The fourth-order valence-corrected chi connectivity index (χ4v) is 4.47. The van der Waals surface area contributed by atoms with E-state index in [4.69, 9.17) is 9.97 Å². The number of pyridine rings is 2. The fraction of sp³-hybridized carbons (Fsp3) is 0.375. The highest BCUT2D eigenvalue weighted by Gasteiger charge is 2.22. The van der Waals surface area contributed by atoms with Crippen LogP contribution in [0.15, 0.2) is 42.6 Å². The lowest BCUT2D eigenvalue weighted by atomic mass is 10.1. The van der Waals surface area contributed by atoms with Crippen LogP contribution in [0.25, 0.3) is 27.7 Å². The van der Waals surface area contributed by atoms with E-state index in [1.165, 1.54) is 0 Å². The van der Waals surface area contributed by atoms with Gasteiger partial charge >= 0.3 is 0 Å². The second-order valence-electron chi connectivity index (χ2n) is 8.66. The third kappa shape index (κ3) is 3.49. The van der Waals surface area contributed by atoms with Crippen LogP contribution in [0.2, 0.25) is 0 Å². The van der Waals surface area contributed by atoms with Crippen LogP contribution in [0, 0.1) is 0 Å². The van der Waals surface area contributed by atoms with Gasteiger partial charge in [-0.1, -0.05) is 12.1 Å². The quantitative estimate of drug-likeness (QED) is 0.555. The number of rotatable bonds is 3. The highest BCUT2D eigenvalue weighted by Crippen LogP contribution is 2.31. The van der Waals surface area contributed by atoms with Gasteiger partial charge in [0.05, 0.1) is 16.6 Å². The first-order valence-electron chi connectivity index (χ1n) is 11.0. The van der Waals surface area contributed by atoms with E-state index in [0.717, 1.165) is 60.4 Å². The summed E-state index contributed by atoms with van der Waals surface area (Å²) in [6.07, 6.45) is 2.98. The third-order valence-corrected chi connectivity index (χ3v) is 5.97. The van der Waals surface area contributed by atoms with Gasteiger partial charge in [-0.3, -0.25) is 9.20 Å². The van der Waals surface area contributed by atoms with Gasteiger partial charge in [-0.05, 0) is 58.1 Å². The molecule has 0 radical (unpaired) electrons. The average Bonchev–Trinajstić information content (AvgIpc) is 3.01. The molecule has 7 nitrogen and oxygen atoms in total. The van der Waals surface area contributed by atoms with E-state index in [9.17, 15) is 4.79 Å². The molecule has 0 aliphatic carbocycles. The molecule has 160 valence electrons. The molecule has 5 rings (SSSR count). The van der Waals surface area contributed by atoms with Crippen molar-refractivity contribution >= 4 is 39.3 Å². The Bertz CT molecular complexity index is 1280. The first kappa shape index (κ1) is 19.8. The van der Waals surface area contributed by atoms with Gasteiger partial charge in [0.1, 0.15) is 5.65 Å². The second kappa shape index (κ2) is 7.81. The van der Waals surface area contributed by atoms with Crippen LogP contribution in [0.5, 0.6) is 0 Å². The lowest BCUT2D eigenvalue weighted by molar-refractivity contribution is 0.0944. The Morgan fingerprint density at radius 1 is 1.06 bits per heavy atom. The number of benzene rings is 1. The van der Waals surface area contributed by atoms with E-state index in [1.54, 1.807) is 0 Å². The fourth-order valence-electron chi connectivity index (χ4n) is 4.47. The minimum absolute atomic E-state index is 0.0436. The molecule has 4 heterocycles. The van der Waals surface area contributed by atoms with Crippen LogP contribution in [-0.4, -0.2) is 64.4 Å². The van der Waals surface area contributed by atoms with E-state index < -0.39 is 0 Å². The normalized spacial score (nSPS) is 15.8. The second-order valence-corrected chi connectivity index (χ2v) is 8.66. The number of para-hydroxylation sites is 2. The molecule has 0 saturated carbocycles. The number of hydrogen-bond acceptors (Lipinski definition) is 5. The lowest BCUT2D eigenvalue weighted by Crippen LogP contribution is -2.31. The number of fused-ring (bicyclic) bond motifs is 5. The molecule has 1 aliphatic rings. The highest BCUT2D eigenvalue weighted by molar-refractivity contribution is 6.07. The molecule has 0 bridgehead atoms. The van der Waals surface area contributed by atoms with Crippen LogP contribution in [0.4, 0.5) is 5.69 Å². The van der Waals surface area contributed by atoms with Gasteiger partial charge in [0.15, 0.2) is 5.65 Å². The Hall–Kier alpha value is -3.19. The summed E-state index contributed by atoms with van der Waals surface area (Å²) in [5, 5.41) is 4.03. The van der Waals surface area contributed by atoms with Crippen LogP contribution in [-0.2, 0) is 0 Å². The lowest BCUT2D eigenvalue weighted by Gasteiger charge is -2.24. The Balaban J connectivity index is 1.80. The molecule has 1 amide bonds. The number of likely N-dealkylation sites (N-methyl/N-ethyl adjacent to an activating group) is 1. The van der Waals surface area contributed by atoms with Crippen molar-refractivity contribution in [3.63, 3.8) is 0 Å². The molecule has 31 heavy (non-hydrogen) atoms. The first-order chi connectivity index (χ1) is 15.0. The topological polar surface area (TPSA) is 65.8 Å². The molecule has 0 spiro atoms. The summed E-state index contributed by atoms with van der Waals surface area (Å²) in [7, 11) is 2.17. The standard InChI is InChI=1S/C24H28N6O/c1-16(2)26-24(31)18-15-17-20(29-12-6-11-28(3)13-14-29)9-10-25-22(17)30-21-8-5-4-7-19(21)27-23(18)30/h4-5,7-10,15-16H,6,11-14H2,1-3H3,(H,26,31). The smallest absolute Gasteiger partial charge is 0.255 e. The van der Waals surface area contributed by atoms with E-state index in [-0.39, 0.29) is 11.9 Å². The van der Waals surface area contributed by atoms with Crippen molar-refractivity contribution in [2.45, 2.75) is 26.3 Å². The molecule has 1 saturated heterocycles. The summed E-state index contributed by atoms with van der Waals surface area (Å²) >= 11 is 0. The molecule has 0 unspecified atom stereocenters. The zero-order valence-corrected chi connectivity index (χ0v) is 18.3. The first-order valence-corrected chi connectivity index (χ1v) is 11.0. The number of carbonyl (C=O) groups is 1. The number of nitrogens with one attached hydrogen (secondary N) is 1. The maximum Gasteiger partial charge on any atom is 0.255 e. The molecular formula is C24H28N6O. The number of anilines is 1. The van der Waals surface area contributed by atoms with Crippen molar-refractivity contribution in [3.8, 4) is 0 Å². The molecule has 7 heteroatoms. The monoisotopic (exact) mass is 416 g/mol. The Morgan fingerprint density at radius 3 is 2.74 bits per heavy atom. The average molecular weight is 417 g/mol. The van der Waals surface area contributed by atoms with Crippen molar-refractivity contribution in [1.29, 1.82) is 0 Å². The summed E-state index contributed by atoms with van der Waals surface area (Å²) < 4.78 is 2.04. The Morgan fingerprint density at radius 2 is 1.90 bits per heavy atom. The summed E-state index contributed by atoms with van der Waals surface area (Å²) in [4.78, 5) is 27.5. The van der Waals surface area contributed by atoms with Gasteiger partial charge in [-0.25, -0.2) is 9.97 Å². The van der Waals surface area contributed by atoms with Gasteiger partial charge < -0.3 is 15.1 Å². The van der Waals surface area contributed by atoms with Crippen molar-refractivity contribution in [2.24, 2.45) is 0 Å². The third-order valence-electron chi connectivity index (χ3n) is 5.97. The number of carbonyl (C=O) groups excluding carboxylic acids is 1. The maximum absolute atomic E-state index is 13.2. The number of hydrogen-bond donors (Lipinski definition) is 1. The predicted octanol–water partition coefficient (Wildman–Crippen LogP) is 3.32. The zero-order chi connectivity index (χ0) is 21.5. The number of nitrogens with zero attached hydrogens (tertiary/aromatic N) is 5. The van der Waals surface area contributed by atoms with Crippen molar-refractivity contribution in [1.82, 2.24) is 24.6 Å². The molecule has 1 fully saturated rings.